The van der Waals surface area contributed by atoms with Crippen molar-refractivity contribution in [1.82, 2.24) is 20.0 Å². The molecule has 2 aliphatic heterocycles. The van der Waals surface area contributed by atoms with Gasteiger partial charge in [-0.1, -0.05) is 11.2 Å². The Balaban J connectivity index is 1.44. The van der Waals surface area contributed by atoms with E-state index in [0.29, 0.717) is 18.4 Å². The summed E-state index contributed by atoms with van der Waals surface area (Å²) < 4.78 is 21.9. The lowest BCUT2D eigenvalue weighted by atomic mass is 9.75. The van der Waals surface area contributed by atoms with Crippen molar-refractivity contribution in [2.45, 2.75) is 50.0 Å². The van der Waals surface area contributed by atoms with Crippen LogP contribution in [-0.4, -0.2) is 67.2 Å². The van der Waals surface area contributed by atoms with Crippen LogP contribution >= 0.6 is 0 Å². The molecule has 0 amide bonds. The van der Waals surface area contributed by atoms with Gasteiger partial charge in [0, 0.05) is 50.9 Å². The molecule has 2 aromatic heterocycles. The molecule has 0 saturated carbocycles. The molecule has 0 aliphatic carbocycles. The first-order valence-electron chi connectivity index (χ1n) is 10.9. The zero-order valence-corrected chi connectivity index (χ0v) is 18.0. The number of piperidine rings is 1. The molecular weight excluding hydrogens is 384 g/mol. The molecule has 2 aromatic rings. The second kappa shape index (κ2) is 9.85. The van der Waals surface area contributed by atoms with Crippen LogP contribution < -0.4 is 4.74 Å². The molecule has 4 heterocycles. The fraction of sp³-hybridized carbons (Fsp3) is 0.682. The van der Waals surface area contributed by atoms with Crippen LogP contribution in [0, 0.1) is 0 Å². The standard InChI is InChI=1S/C22H32N4O4/c1-27-15-10-22(21-24-20(30-25-21)17-6-13-29-14-7-17)8-11-26(12-9-22)16-18-4-3-5-19(23-18)28-2/h3-5,17H,6-16H2,1-2H3. The fourth-order valence-corrected chi connectivity index (χ4v) is 4.47. The number of rotatable bonds is 8. The Morgan fingerprint density at radius 1 is 1.13 bits per heavy atom. The van der Waals surface area contributed by atoms with E-state index in [0.717, 1.165) is 82.4 Å². The fourth-order valence-electron chi connectivity index (χ4n) is 4.47. The van der Waals surface area contributed by atoms with E-state index < -0.39 is 0 Å². The second-order valence-corrected chi connectivity index (χ2v) is 8.31. The van der Waals surface area contributed by atoms with Gasteiger partial charge in [0.25, 0.3) is 0 Å². The lowest BCUT2D eigenvalue weighted by Crippen LogP contribution is -2.43. The lowest BCUT2D eigenvalue weighted by molar-refractivity contribution is 0.0778. The van der Waals surface area contributed by atoms with Crippen molar-refractivity contribution in [3.63, 3.8) is 0 Å². The van der Waals surface area contributed by atoms with Crippen molar-refractivity contribution >= 4 is 0 Å². The van der Waals surface area contributed by atoms with E-state index in [1.165, 1.54) is 0 Å². The molecular formula is C22H32N4O4. The SMILES string of the molecule is COCCC1(c2noc(C3CCOCC3)n2)CCN(Cc2cccc(OC)n2)CC1. The number of pyridine rings is 1. The molecule has 164 valence electrons. The van der Waals surface area contributed by atoms with Crippen LogP contribution in [-0.2, 0) is 21.4 Å². The summed E-state index contributed by atoms with van der Waals surface area (Å²) >= 11 is 0. The Bertz CT molecular complexity index is 798. The van der Waals surface area contributed by atoms with E-state index in [2.05, 4.69) is 21.1 Å². The predicted octanol–water partition coefficient (Wildman–Crippen LogP) is 2.94. The molecule has 2 saturated heterocycles. The molecule has 8 nitrogen and oxygen atoms in total. The number of hydrogen-bond acceptors (Lipinski definition) is 8. The van der Waals surface area contributed by atoms with E-state index in [1.807, 2.05) is 12.1 Å². The van der Waals surface area contributed by atoms with E-state index in [9.17, 15) is 0 Å². The smallest absolute Gasteiger partial charge is 0.229 e. The monoisotopic (exact) mass is 416 g/mol. The van der Waals surface area contributed by atoms with Gasteiger partial charge >= 0.3 is 0 Å². The second-order valence-electron chi connectivity index (χ2n) is 8.31. The molecule has 2 fully saturated rings. The van der Waals surface area contributed by atoms with Crippen LogP contribution in [0.1, 0.15) is 55.4 Å². The van der Waals surface area contributed by atoms with Gasteiger partial charge in [0.2, 0.25) is 11.8 Å². The average molecular weight is 417 g/mol. The topological polar surface area (TPSA) is 82.7 Å². The van der Waals surface area contributed by atoms with Gasteiger partial charge < -0.3 is 18.7 Å². The summed E-state index contributed by atoms with van der Waals surface area (Å²) in [7, 11) is 3.40. The number of ether oxygens (including phenoxy) is 3. The molecule has 0 unspecified atom stereocenters. The van der Waals surface area contributed by atoms with Gasteiger partial charge in [0.1, 0.15) is 0 Å². The van der Waals surface area contributed by atoms with Crippen LogP contribution in [0.3, 0.4) is 0 Å². The summed E-state index contributed by atoms with van der Waals surface area (Å²) in [5.41, 5.74) is 0.932. The van der Waals surface area contributed by atoms with Gasteiger partial charge in [-0.05, 0) is 51.3 Å². The van der Waals surface area contributed by atoms with Crippen molar-refractivity contribution in [2.75, 3.05) is 47.1 Å². The summed E-state index contributed by atoms with van der Waals surface area (Å²) in [4.78, 5) is 11.9. The van der Waals surface area contributed by atoms with E-state index in [4.69, 9.17) is 23.7 Å². The molecule has 0 radical (unpaired) electrons. The summed E-state index contributed by atoms with van der Waals surface area (Å²) in [6.07, 6.45) is 4.77. The number of methoxy groups -OCH3 is 2. The molecule has 30 heavy (non-hydrogen) atoms. The Morgan fingerprint density at radius 2 is 1.93 bits per heavy atom. The molecule has 8 heteroatoms. The molecule has 0 atom stereocenters. The van der Waals surface area contributed by atoms with Crippen molar-refractivity contribution < 1.29 is 18.7 Å². The first-order valence-corrected chi connectivity index (χ1v) is 10.9. The highest BCUT2D eigenvalue weighted by molar-refractivity contribution is 5.16. The van der Waals surface area contributed by atoms with Crippen LogP contribution in [0.2, 0.25) is 0 Å². The maximum Gasteiger partial charge on any atom is 0.229 e. The number of hydrogen-bond donors (Lipinski definition) is 0. The van der Waals surface area contributed by atoms with Crippen LogP contribution in [0.4, 0.5) is 0 Å². The molecule has 4 rings (SSSR count). The van der Waals surface area contributed by atoms with Gasteiger partial charge in [-0.2, -0.15) is 4.98 Å². The minimum atomic E-state index is -0.0960. The van der Waals surface area contributed by atoms with Crippen LogP contribution in [0.5, 0.6) is 5.88 Å². The van der Waals surface area contributed by atoms with Gasteiger partial charge in [0.05, 0.1) is 12.8 Å². The third-order valence-corrected chi connectivity index (χ3v) is 6.46. The quantitative estimate of drug-likeness (QED) is 0.650. The Morgan fingerprint density at radius 3 is 2.67 bits per heavy atom. The first kappa shape index (κ1) is 21.2. The number of aromatic nitrogens is 3. The summed E-state index contributed by atoms with van der Waals surface area (Å²) in [5, 5.41) is 4.44. The van der Waals surface area contributed by atoms with Crippen molar-refractivity contribution in [3.8, 4) is 5.88 Å². The summed E-state index contributed by atoms with van der Waals surface area (Å²) in [5.74, 6) is 2.60. The van der Waals surface area contributed by atoms with Gasteiger partial charge in [0.15, 0.2) is 5.82 Å². The maximum atomic E-state index is 5.72. The Labute approximate surface area is 177 Å². The predicted molar refractivity (Wildman–Crippen MR) is 111 cm³/mol. The molecule has 0 N–H and O–H groups in total. The normalized spacial score (nSPS) is 20.3. The molecule has 0 spiro atoms. The number of nitrogens with zero attached hydrogens (tertiary/aromatic N) is 4. The number of likely N-dealkylation sites (tertiary alicyclic amines) is 1. The minimum absolute atomic E-state index is 0.0960. The van der Waals surface area contributed by atoms with Gasteiger partial charge in [-0.15, -0.1) is 0 Å². The van der Waals surface area contributed by atoms with E-state index in [1.54, 1.807) is 14.2 Å². The Kier molecular flexibility index (Phi) is 6.97. The van der Waals surface area contributed by atoms with Crippen molar-refractivity contribution in [1.29, 1.82) is 0 Å². The highest BCUT2D eigenvalue weighted by Gasteiger charge is 2.40. The third kappa shape index (κ3) is 4.82. The Hall–Kier alpha value is -2.03. The lowest BCUT2D eigenvalue weighted by Gasteiger charge is -2.39. The third-order valence-electron chi connectivity index (χ3n) is 6.46. The minimum Gasteiger partial charge on any atom is -0.481 e. The van der Waals surface area contributed by atoms with Gasteiger partial charge in [-0.3, -0.25) is 4.90 Å². The van der Waals surface area contributed by atoms with Crippen molar-refractivity contribution in [2.24, 2.45) is 0 Å². The highest BCUT2D eigenvalue weighted by atomic mass is 16.5. The first-order chi connectivity index (χ1) is 14.7. The van der Waals surface area contributed by atoms with Crippen LogP contribution in [0.25, 0.3) is 0 Å². The van der Waals surface area contributed by atoms with Crippen LogP contribution in [0.15, 0.2) is 22.7 Å². The molecule has 0 bridgehead atoms. The van der Waals surface area contributed by atoms with E-state index >= 15 is 0 Å². The highest BCUT2D eigenvalue weighted by Crippen LogP contribution is 2.38. The van der Waals surface area contributed by atoms with E-state index in [-0.39, 0.29) is 5.41 Å². The summed E-state index contributed by atoms with van der Waals surface area (Å²) in [6.45, 7) is 4.97. The maximum absolute atomic E-state index is 5.72. The zero-order chi connectivity index (χ0) is 20.8. The largest absolute Gasteiger partial charge is 0.481 e. The summed E-state index contributed by atoms with van der Waals surface area (Å²) in [6, 6.07) is 5.92. The van der Waals surface area contributed by atoms with Crippen molar-refractivity contribution in [3.05, 3.63) is 35.6 Å². The molecule has 0 aromatic carbocycles. The zero-order valence-electron chi connectivity index (χ0n) is 18.0. The molecule has 2 aliphatic rings. The van der Waals surface area contributed by atoms with Gasteiger partial charge in [-0.25, -0.2) is 4.98 Å². The average Bonchev–Trinajstić information content (AvgIpc) is 3.31.